The van der Waals surface area contributed by atoms with Gasteiger partial charge in [-0.1, -0.05) is 24.9 Å². The molecule has 0 radical (unpaired) electrons. The van der Waals surface area contributed by atoms with Crippen molar-refractivity contribution in [2.24, 2.45) is 5.92 Å². The lowest BCUT2D eigenvalue weighted by molar-refractivity contribution is -0.384. The summed E-state index contributed by atoms with van der Waals surface area (Å²) >= 11 is 7.20. The monoisotopic (exact) mass is 436 g/mol. The van der Waals surface area contributed by atoms with Crippen molar-refractivity contribution in [3.05, 3.63) is 54.9 Å². The van der Waals surface area contributed by atoms with Crippen molar-refractivity contribution < 1.29 is 19.2 Å². The molecule has 1 atom stereocenters. The molecule has 1 aromatic heterocycles. The number of nitrogens with zero attached hydrogens (tertiary/aromatic N) is 1. The van der Waals surface area contributed by atoms with Crippen LogP contribution in [0.4, 0.5) is 10.7 Å². The largest absolute Gasteiger partial charge is 0.462 e. The van der Waals surface area contributed by atoms with Gasteiger partial charge in [-0.2, -0.15) is 0 Å². The van der Waals surface area contributed by atoms with Crippen LogP contribution in [0.1, 0.15) is 57.8 Å². The first-order chi connectivity index (χ1) is 13.8. The summed E-state index contributed by atoms with van der Waals surface area (Å²) in [7, 11) is 0. The lowest BCUT2D eigenvalue weighted by Gasteiger charge is -2.20. The molecule has 29 heavy (non-hydrogen) atoms. The van der Waals surface area contributed by atoms with Crippen molar-refractivity contribution in [2.45, 2.75) is 39.5 Å². The molecule has 0 bridgehead atoms. The molecule has 0 saturated heterocycles. The number of ether oxygens (including phenoxy) is 1. The van der Waals surface area contributed by atoms with Gasteiger partial charge in [0.2, 0.25) is 0 Å². The van der Waals surface area contributed by atoms with Crippen LogP contribution in [-0.4, -0.2) is 23.4 Å². The van der Waals surface area contributed by atoms with E-state index >= 15 is 0 Å². The van der Waals surface area contributed by atoms with Gasteiger partial charge in [-0.15, -0.1) is 11.3 Å². The van der Waals surface area contributed by atoms with Gasteiger partial charge in [-0.3, -0.25) is 14.9 Å². The first-order valence-corrected chi connectivity index (χ1v) is 10.6. The van der Waals surface area contributed by atoms with Crippen LogP contribution in [0.3, 0.4) is 0 Å². The van der Waals surface area contributed by atoms with E-state index in [1.165, 1.54) is 23.5 Å². The molecule has 0 unspecified atom stereocenters. The first kappa shape index (κ1) is 21.3. The molecule has 2 aromatic rings. The highest BCUT2D eigenvalue weighted by atomic mass is 35.5. The second-order valence-electron chi connectivity index (χ2n) is 6.82. The minimum atomic E-state index is -0.641. The Morgan fingerprint density at radius 1 is 1.38 bits per heavy atom. The molecule has 3 rings (SSSR count). The number of carbonyl (C=O) groups is 2. The van der Waals surface area contributed by atoms with Gasteiger partial charge in [0.25, 0.3) is 11.6 Å². The average Bonchev–Trinajstić information content (AvgIpc) is 3.04. The highest BCUT2D eigenvalue weighted by molar-refractivity contribution is 7.17. The molecule has 0 aliphatic heterocycles. The zero-order chi connectivity index (χ0) is 21.1. The highest BCUT2D eigenvalue weighted by Gasteiger charge is 2.30. The Labute approximate surface area is 177 Å². The SMILES string of the molecule is CCOC(=O)c1c(NC(=O)c2ccc(Cl)c([N+](=O)[O-])c2)sc2c1CC[C@H](CC)C2. The molecule has 1 heterocycles. The minimum Gasteiger partial charge on any atom is -0.462 e. The number of hydrogen-bond acceptors (Lipinski definition) is 6. The number of anilines is 1. The summed E-state index contributed by atoms with van der Waals surface area (Å²) < 4.78 is 5.21. The topological polar surface area (TPSA) is 98.5 Å². The fourth-order valence-electron chi connectivity index (χ4n) is 3.48. The second kappa shape index (κ2) is 8.92. The Bertz CT molecular complexity index is 972. The summed E-state index contributed by atoms with van der Waals surface area (Å²) in [4.78, 5) is 36.9. The van der Waals surface area contributed by atoms with Crippen LogP contribution in [0, 0.1) is 16.0 Å². The molecule has 1 N–H and O–H groups in total. The smallest absolute Gasteiger partial charge is 0.341 e. The van der Waals surface area contributed by atoms with Gasteiger partial charge in [-0.05, 0) is 49.8 Å². The lowest BCUT2D eigenvalue weighted by atomic mass is 9.85. The zero-order valence-corrected chi connectivity index (χ0v) is 17.7. The van der Waals surface area contributed by atoms with Crippen LogP contribution in [0.5, 0.6) is 0 Å². The molecule has 1 aliphatic carbocycles. The number of nitro benzene ring substituents is 1. The zero-order valence-electron chi connectivity index (χ0n) is 16.1. The van der Waals surface area contributed by atoms with E-state index in [1.54, 1.807) is 6.92 Å². The second-order valence-corrected chi connectivity index (χ2v) is 8.34. The average molecular weight is 437 g/mol. The van der Waals surface area contributed by atoms with Gasteiger partial charge in [-0.25, -0.2) is 4.79 Å². The number of amides is 1. The van der Waals surface area contributed by atoms with Crippen molar-refractivity contribution in [1.29, 1.82) is 0 Å². The summed E-state index contributed by atoms with van der Waals surface area (Å²) in [5.74, 6) is -0.447. The van der Waals surface area contributed by atoms with E-state index < -0.39 is 16.8 Å². The number of hydrogen-bond donors (Lipinski definition) is 1. The van der Waals surface area contributed by atoms with Gasteiger partial charge in [0.15, 0.2) is 0 Å². The molecule has 0 fully saturated rings. The van der Waals surface area contributed by atoms with E-state index in [4.69, 9.17) is 16.3 Å². The van der Waals surface area contributed by atoms with E-state index in [9.17, 15) is 19.7 Å². The third-order valence-electron chi connectivity index (χ3n) is 5.06. The maximum atomic E-state index is 12.7. The molecular weight excluding hydrogens is 416 g/mol. The van der Waals surface area contributed by atoms with Crippen molar-refractivity contribution >= 4 is 45.5 Å². The Balaban J connectivity index is 1.95. The van der Waals surface area contributed by atoms with Crippen molar-refractivity contribution in [1.82, 2.24) is 0 Å². The van der Waals surface area contributed by atoms with Crippen LogP contribution in [0.2, 0.25) is 5.02 Å². The number of fused-ring (bicyclic) bond motifs is 1. The van der Waals surface area contributed by atoms with Crippen LogP contribution >= 0.6 is 22.9 Å². The number of rotatable bonds is 6. The fourth-order valence-corrected chi connectivity index (χ4v) is 5.01. The Hall–Kier alpha value is -2.45. The van der Waals surface area contributed by atoms with Crippen LogP contribution < -0.4 is 5.32 Å². The van der Waals surface area contributed by atoms with Crippen molar-refractivity contribution in [3.8, 4) is 0 Å². The summed E-state index contributed by atoms with van der Waals surface area (Å²) in [6.45, 7) is 4.11. The van der Waals surface area contributed by atoms with Crippen LogP contribution in [0.15, 0.2) is 18.2 Å². The Kier molecular flexibility index (Phi) is 6.54. The molecule has 0 saturated carbocycles. The quantitative estimate of drug-likeness (QED) is 0.378. The van der Waals surface area contributed by atoms with Gasteiger partial charge >= 0.3 is 5.97 Å². The molecule has 1 aliphatic rings. The predicted molar refractivity (Wildman–Crippen MR) is 112 cm³/mol. The number of thiophene rings is 1. The number of esters is 1. The molecule has 0 spiro atoms. The first-order valence-electron chi connectivity index (χ1n) is 9.42. The van der Waals surface area contributed by atoms with E-state index in [-0.39, 0.29) is 22.9 Å². The number of nitro groups is 1. The normalized spacial score (nSPS) is 15.5. The lowest BCUT2D eigenvalue weighted by Crippen LogP contribution is -2.17. The van der Waals surface area contributed by atoms with Gasteiger partial charge < -0.3 is 10.1 Å². The van der Waals surface area contributed by atoms with Gasteiger partial charge in [0.05, 0.1) is 17.1 Å². The molecule has 1 aromatic carbocycles. The third-order valence-corrected chi connectivity index (χ3v) is 6.55. The van der Waals surface area contributed by atoms with Gasteiger partial charge in [0.1, 0.15) is 10.0 Å². The van der Waals surface area contributed by atoms with E-state index in [2.05, 4.69) is 12.2 Å². The van der Waals surface area contributed by atoms with Crippen LogP contribution in [0.25, 0.3) is 0 Å². The highest BCUT2D eigenvalue weighted by Crippen LogP contribution is 2.41. The number of halogens is 1. The predicted octanol–water partition coefficient (Wildman–Crippen LogP) is 5.25. The van der Waals surface area contributed by atoms with E-state index in [1.807, 2.05) is 0 Å². The molecule has 154 valence electrons. The van der Waals surface area contributed by atoms with Gasteiger partial charge in [0, 0.05) is 16.5 Å². The standard InChI is InChI=1S/C20H21ClN2O5S/c1-3-11-5-7-13-16(9-11)29-19(17(13)20(25)28-4-2)22-18(24)12-6-8-14(21)15(10-12)23(26)27/h6,8,10-11H,3-5,7,9H2,1-2H3,(H,22,24)/t11-/m0/s1. The molecule has 7 nitrogen and oxygen atoms in total. The fraction of sp³-hybridized carbons (Fsp3) is 0.400. The third kappa shape index (κ3) is 4.43. The number of benzene rings is 1. The Morgan fingerprint density at radius 2 is 2.14 bits per heavy atom. The van der Waals surface area contributed by atoms with E-state index in [0.29, 0.717) is 16.5 Å². The number of carbonyl (C=O) groups excluding carboxylic acids is 2. The molecular formula is C20H21ClN2O5S. The summed E-state index contributed by atoms with van der Waals surface area (Å²) in [5.41, 5.74) is 1.09. The summed E-state index contributed by atoms with van der Waals surface area (Å²) in [5, 5.41) is 14.2. The summed E-state index contributed by atoms with van der Waals surface area (Å²) in [6.07, 6.45) is 3.68. The van der Waals surface area contributed by atoms with E-state index in [0.717, 1.165) is 42.2 Å². The Morgan fingerprint density at radius 3 is 2.79 bits per heavy atom. The van der Waals surface area contributed by atoms with Crippen molar-refractivity contribution in [3.63, 3.8) is 0 Å². The summed E-state index contributed by atoms with van der Waals surface area (Å²) in [6, 6.07) is 3.85. The van der Waals surface area contributed by atoms with Crippen molar-refractivity contribution in [2.75, 3.05) is 11.9 Å². The maximum absolute atomic E-state index is 12.7. The number of nitrogens with one attached hydrogen (secondary N) is 1. The van der Waals surface area contributed by atoms with Crippen LogP contribution in [-0.2, 0) is 17.6 Å². The molecule has 1 amide bonds. The molecule has 9 heteroatoms. The minimum absolute atomic E-state index is 0.0454. The maximum Gasteiger partial charge on any atom is 0.341 e.